The average molecular weight is 385 g/mol. The molecule has 0 N–H and O–H groups in total. The summed E-state index contributed by atoms with van der Waals surface area (Å²) >= 11 is 0. The fraction of sp³-hybridized carbons (Fsp3) is 0.333. The lowest BCUT2D eigenvalue weighted by molar-refractivity contribution is -0.139. The van der Waals surface area contributed by atoms with Gasteiger partial charge in [-0.25, -0.2) is 9.59 Å². The van der Waals surface area contributed by atoms with Crippen LogP contribution in [0.3, 0.4) is 0 Å². The highest BCUT2D eigenvalue weighted by atomic mass is 16.5. The lowest BCUT2D eigenvalue weighted by Gasteiger charge is -1.99. The molecule has 4 heteroatoms. The molecule has 0 saturated heterocycles. The van der Waals surface area contributed by atoms with Gasteiger partial charge in [0, 0.05) is 11.1 Å². The van der Waals surface area contributed by atoms with Gasteiger partial charge in [0.1, 0.15) is 0 Å². The molecular formula is C24H32O4. The first-order valence-corrected chi connectivity index (χ1v) is 9.37. The van der Waals surface area contributed by atoms with Crippen molar-refractivity contribution in [2.45, 2.75) is 41.5 Å². The molecule has 0 atom stereocenters. The zero-order chi connectivity index (χ0) is 21.4. The molecule has 0 rings (SSSR count). The van der Waals surface area contributed by atoms with Gasteiger partial charge in [-0.1, -0.05) is 71.9 Å². The van der Waals surface area contributed by atoms with Crippen LogP contribution < -0.4 is 0 Å². The van der Waals surface area contributed by atoms with E-state index in [0.717, 1.165) is 11.1 Å². The summed E-state index contributed by atoms with van der Waals surface area (Å²) in [5, 5.41) is 0. The predicted molar refractivity (Wildman–Crippen MR) is 116 cm³/mol. The van der Waals surface area contributed by atoms with Crippen molar-refractivity contribution in [3.8, 4) is 0 Å². The van der Waals surface area contributed by atoms with Crippen LogP contribution in [0.2, 0.25) is 0 Å². The van der Waals surface area contributed by atoms with Crippen LogP contribution in [0, 0.1) is 0 Å². The third kappa shape index (κ3) is 12.5. The third-order valence-corrected chi connectivity index (χ3v) is 3.43. The van der Waals surface area contributed by atoms with Crippen molar-refractivity contribution in [2.24, 2.45) is 0 Å². The van der Waals surface area contributed by atoms with E-state index in [1.165, 1.54) is 0 Å². The molecule has 0 aromatic heterocycles. The lowest BCUT2D eigenvalue weighted by Crippen LogP contribution is -2.04. The number of hydrogen-bond donors (Lipinski definition) is 0. The smallest absolute Gasteiger partial charge is 0.333 e. The summed E-state index contributed by atoms with van der Waals surface area (Å²) in [4.78, 5) is 23.0. The van der Waals surface area contributed by atoms with Crippen LogP contribution in [0.1, 0.15) is 41.5 Å². The first kappa shape index (κ1) is 25.1. The van der Waals surface area contributed by atoms with Gasteiger partial charge in [0.05, 0.1) is 13.2 Å². The quantitative estimate of drug-likeness (QED) is 0.281. The second-order valence-electron chi connectivity index (χ2n) is 6.06. The Kier molecular flexibility index (Phi) is 13.6. The van der Waals surface area contributed by atoms with Gasteiger partial charge >= 0.3 is 11.9 Å². The number of hydrogen-bond acceptors (Lipinski definition) is 4. The van der Waals surface area contributed by atoms with E-state index in [2.05, 4.69) is 0 Å². The number of rotatable bonds is 10. The second-order valence-corrected chi connectivity index (χ2v) is 6.06. The minimum absolute atomic E-state index is 0.297. The fourth-order valence-electron chi connectivity index (χ4n) is 1.84. The van der Waals surface area contributed by atoms with Gasteiger partial charge in [-0.3, -0.25) is 0 Å². The topological polar surface area (TPSA) is 52.6 Å². The molecular weight excluding hydrogens is 352 g/mol. The largest absolute Gasteiger partial charge is 0.463 e. The zero-order valence-electron chi connectivity index (χ0n) is 17.8. The summed E-state index contributed by atoms with van der Waals surface area (Å²) in [5.74, 6) is -0.593. The Labute approximate surface area is 169 Å². The van der Waals surface area contributed by atoms with E-state index >= 15 is 0 Å². The van der Waals surface area contributed by atoms with Crippen molar-refractivity contribution in [3.63, 3.8) is 0 Å². The maximum absolute atomic E-state index is 11.5. The van der Waals surface area contributed by atoms with Gasteiger partial charge in [0.25, 0.3) is 0 Å². The molecule has 0 aromatic carbocycles. The molecule has 0 amide bonds. The molecule has 0 aliphatic carbocycles. The molecule has 0 spiro atoms. The van der Waals surface area contributed by atoms with Crippen molar-refractivity contribution in [1.29, 1.82) is 0 Å². The van der Waals surface area contributed by atoms with E-state index in [9.17, 15) is 9.59 Å². The van der Waals surface area contributed by atoms with Gasteiger partial charge in [0.2, 0.25) is 0 Å². The summed E-state index contributed by atoms with van der Waals surface area (Å²) in [6.45, 7) is 11.7. The normalized spacial score (nSPS) is 14.4. The average Bonchev–Trinajstić information content (AvgIpc) is 2.65. The van der Waals surface area contributed by atoms with Crippen LogP contribution in [-0.4, -0.2) is 25.2 Å². The number of carbonyl (C=O) groups is 2. The number of carbonyl (C=O) groups excluding carboxylic acids is 2. The standard InChI is InChI=1S/C24H32O4/c1-7-27-23(25)21(5)17-11-15-19(3)13-9-10-14-20(4)16-12-18-22(6)24(26)28-8-2/h9-18H,7-8H2,1-6H3. The van der Waals surface area contributed by atoms with E-state index in [-0.39, 0.29) is 11.9 Å². The van der Waals surface area contributed by atoms with E-state index in [1.54, 1.807) is 39.8 Å². The Morgan fingerprint density at radius 3 is 1.29 bits per heavy atom. The maximum atomic E-state index is 11.5. The molecule has 4 nitrogen and oxygen atoms in total. The molecule has 0 radical (unpaired) electrons. The highest BCUT2D eigenvalue weighted by Gasteiger charge is 2.02. The summed E-state index contributed by atoms with van der Waals surface area (Å²) in [7, 11) is 0. The molecule has 152 valence electrons. The van der Waals surface area contributed by atoms with E-state index in [1.807, 2.05) is 62.5 Å². The predicted octanol–water partition coefficient (Wildman–Crippen LogP) is 5.57. The third-order valence-electron chi connectivity index (χ3n) is 3.43. The Bertz CT molecular complexity index is 664. The van der Waals surface area contributed by atoms with Crippen LogP contribution >= 0.6 is 0 Å². The molecule has 0 aliphatic heterocycles. The van der Waals surface area contributed by atoms with Gasteiger partial charge in [-0.05, 0) is 41.5 Å². The number of ether oxygens (including phenoxy) is 2. The van der Waals surface area contributed by atoms with Crippen LogP contribution in [-0.2, 0) is 19.1 Å². The summed E-state index contributed by atoms with van der Waals surface area (Å²) < 4.78 is 9.84. The molecule has 0 fully saturated rings. The summed E-state index contributed by atoms with van der Waals surface area (Å²) in [6, 6.07) is 0. The van der Waals surface area contributed by atoms with Crippen LogP contribution in [0.25, 0.3) is 0 Å². The van der Waals surface area contributed by atoms with E-state index in [4.69, 9.17) is 9.47 Å². The van der Waals surface area contributed by atoms with E-state index in [0.29, 0.717) is 24.4 Å². The van der Waals surface area contributed by atoms with Gasteiger partial charge in [-0.2, -0.15) is 0 Å². The number of esters is 2. The SMILES string of the molecule is CCOC(=O)C(C)=CC=CC(C)=CC=CC=C(C)C=CC=C(C)C(=O)OCC. The second kappa shape index (κ2) is 15.2. The Morgan fingerprint density at radius 2 is 0.964 bits per heavy atom. The van der Waals surface area contributed by atoms with Gasteiger partial charge in [0.15, 0.2) is 0 Å². The summed E-state index contributed by atoms with van der Waals surface area (Å²) in [6.07, 6.45) is 18.8. The van der Waals surface area contributed by atoms with Gasteiger partial charge in [-0.15, -0.1) is 0 Å². The molecule has 0 saturated carbocycles. The molecule has 0 unspecified atom stereocenters. The van der Waals surface area contributed by atoms with Crippen molar-refractivity contribution < 1.29 is 19.1 Å². The first-order valence-electron chi connectivity index (χ1n) is 9.37. The first-order chi connectivity index (χ1) is 13.3. The number of allylic oxidation sites excluding steroid dienone is 12. The lowest BCUT2D eigenvalue weighted by atomic mass is 10.2. The molecule has 28 heavy (non-hydrogen) atoms. The van der Waals surface area contributed by atoms with Crippen molar-refractivity contribution in [1.82, 2.24) is 0 Å². The van der Waals surface area contributed by atoms with Crippen molar-refractivity contribution in [3.05, 3.63) is 83.1 Å². The van der Waals surface area contributed by atoms with E-state index < -0.39 is 0 Å². The monoisotopic (exact) mass is 384 g/mol. The van der Waals surface area contributed by atoms with Crippen molar-refractivity contribution in [2.75, 3.05) is 13.2 Å². The highest BCUT2D eigenvalue weighted by Crippen LogP contribution is 2.02. The Balaban J connectivity index is 4.67. The molecule has 0 aromatic rings. The molecule has 0 aliphatic rings. The highest BCUT2D eigenvalue weighted by molar-refractivity contribution is 5.88. The molecule has 0 bridgehead atoms. The summed E-state index contributed by atoms with van der Waals surface area (Å²) in [5.41, 5.74) is 3.25. The van der Waals surface area contributed by atoms with Gasteiger partial charge < -0.3 is 9.47 Å². The minimum atomic E-state index is -0.297. The maximum Gasteiger partial charge on any atom is 0.333 e. The minimum Gasteiger partial charge on any atom is -0.463 e. The van der Waals surface area contributed by atoms with Crippen molar-refractivity contribution >= 4 is 11.9 Å². The van der Waals surface area contributed by atoms with Crippen LogP contribution in [0.15, 0.2) is 83.1 Å². The van der Waals surface area contributed by atoms with Crippen LogP contribution in [0.5, 0.6) is 0 Å². The Morgan fingerprint density at radius 1 is 0.607 bits per heavy atom. The zero-order valence-corrected chi connectivity index (χ0v) is 17.8. The van der Waals surface area contributed by atoms with Crippen LogP contribution in [0.4, 0.5) is 0 Å². The Hall–Kier alpha value is -2.88. The fourth-order valence-corrected chi connectivity index (χ4v) is 1.84. The molecule has 0 heterocycles.